The molecule has 2 aromatic heterocycles. The van der Waals surface area contributed by atoms with Gasteiger partial charge >= 0.3 is 12.2 Å². The Morgan fingerprint density at radius 1 is 0.859 bits per heavy atom. The molecule has 3 aliphatic rings. The van der Waals surface area contributed by atoms with Crippen molar-refractivity contribution in [2.45, 2.75) is 63.9 Å². The van der Waals surface area contributed by atoms with Gasteiger partial charge in [0.25, 0.3) is 5.91 Å². The number of ether oxygens (including phenoxy) is 4. The highest BCUT2D eigenvalue weighted by atomic mass is 16.5. The lowest BCUT2D eigenvalue weighted by molar-refractivity contribution is -0.136. The van der Waals surface area contributed by atoms with Crippen molar-refractivity contribution in [3.05, 3.63) is 102 Å². The van der Waals surface area contributed by atoms with Gasteiger partial charge in [0.1, 0.15) is 36.1 Å². The van der Waals surface area contributed by atoms with Gasteiger partial charge in [-0.2, -0.15) is 0 Å². The molecular weight excluding hydrogens is 817 g/mol. The van der Waals surface area contributed by atoms with Crippen molar-refractivity contribution in [1.82, 2.24) is 40.4 Å². The molecule has 16 heteroatoms. The second-order valence-electron chi connectivity index (χ2n) is 17.1. The van der Waals surface area contributed by atoms with Crippen molar-refractivity contribution in [3.63, 3.8) is 0 Å². The van der Waals surface area contributed by atoms with E-state index in [1.807, 2.05) is 55.1 Å². The predicted octanol–water partition coefficient (Wildman–Crippen LogP) is 7.34. The van der Waals surface area contributed by atoms with Crippen molar-refractivity contribution in [2.24, 2.45) is 11.8 Å². The smallest absolute Gasteiger partial charge is 0.407 e. The van der Waals surface area contributed by atoms with Gasteiger partial charge in [-0.3, -0.25) is 9.59 Å². The molecule has 9 rings (SSSR count). The van der Waals surface area contributed by atoms with E-state index >= 15 is 0 Å². The van der Waals surface area contributed by atoms with Gasteiger partial charge in [-0.1, -0.05) is 62.4 Å². The molecule has 64 heavy (non-hydrogen) atoms. The van der Waals surface area contributed by atoms with E-state index in [2.05, 4.69) is 57.0 Å². The molecule has 4 amide bonds. The Balaban J connectivity index is 0.968. The fourth-order valence-electron chi connectivity index (χ4n) is 9.54. The molecule has 3 aliphatic heterocycles. The first-order valence-electron chi connectivity index (χ1n) is 21.7. The van der Waals surface area contributed by atoms with Crippen LogP contribution in [0.4, 0.5) is 9.59 Å². The molecule has 0 spiro atoms. The number of H-pyrrole nitrogens is 2. The van der Waals surface area contributed by atoms with Gasteiger partial charge in [-0.25, -0.2) is 19.6 Å². The van der Waals surface area contributed by atoms with Crippen molar-refractivity contribution >= 4 is 45.8 Å². The van der Waals surface area contributed by atoms with E-state index < -0.39 is 24.3 Å². The van der Waals surface area contributed by atoms with Gasteiger partial charge in [0.05, 0.1) is 55.8 Å². The Labute approximate surface area is 370 Å². The van der Waals surface area contributed by atoms with Crippen molar-refractivity contribution in [2.75, 3.05) is 41.0 Å². The van der Waals surface area contributed by atoms with Gasteiger partial charge in [0, 0.05) is 37.1 Å². The number of benzene rings is 4. The number of hydrogen-bond donors (Lipinski definition) is 4. The van der Waals surface area contributed by atoms with E-state index in [0.29, 0.717) is 49.9 Å². The quantitative estimate of drug-likeness (QED) is 0.102. The number of imidazole rings is 2. The Hall–Kier alpha value is -6.94. The second kappa shape index (κ2) is 17.7. The Morgan fingerprint density at radius 3 is 2.42 bits per heavy atom. The summed E-state index contributed by atoms with van der Waals surface area (Å²) in [6.07, 6.45) is 2.67. The van der Waals surface area contributed by atoms with Crippen LogP contribution in [0.1, 0.15) is 74.0 Å². The molecule has 4 N–H and O–H groups in total. The number of nitrogens with one attached hydrogen (secondary N) is 4. The minimum absolute atomic E-state index is 0.0692. The Morgan fingerprint density at radius 2 is 1.66 bits per heavy atom. The maximum atomic E-state index is 14.3. The SMILES string of the molecule is COC[C@H]1C[C@@H](c2ncc(-c3ccc4c(c3)COc3cc5c(ccc6nc([C@@H]7CCCN7C(=O)C(NC(=O)OC)C(C)C)[nH]c65)cc3-4)[nH]2)N(C(=O)[C@H](NC(=O)OC)c2ccccc2)C1. The number of aromatic nitrogens is 4. The number of alkyl carbamates (subject to hydrolysis) is 2. The van der Waals surface area contributed by atoms with Crippen molar-refractivity contribution in [1.29, 1.82) is 0 Å². The number of carbonyl (C=O) groups excluding carboxylic acids is 4. The Bertz CT molecular complexity index is 2730. The van der Waals surface area contributed by atoms with Crippen LogP contribution in [0.25, 0.3) is 44.2 Å². The molecule has 6 aromatic rings. The van der Waals surface area contributed by atoms with Crippen LogP contribution in [0.2, 0.25) is 0 Å². The average Bonchev–Trinajstić information content (AvgIpc) is 4.15. The fraction of sp³-hybridized carbons (Fsp3) is 0.375. The molecule has 16 nitrogen and oxygen atoms in total. The van der Waals surface area contributed by atoms with Crippen LogP contribution in [0.15, 0.2) is 79.0 Å². The molecule has 2 fully saturated rings. The zero-order valence-electron chi connectivity index (χ0n) is 36.5. The van der Waals surface area contributed by atoms with Crippen molar-refractivity contribution < 1.29 is 38.1 Å². The molecule has 332 valence electrons. The number of amides is 4. The number of nitrogens with zero attached hydrogens (tertiary/aromatic N) is 4. The third-order valence-electron chi connectivity index (χ3n) is 12.7. The normalized spacial score (nSPS) is 18.9. The molecular formula is C48H52N8O8. The van der Waals surface area contributed by atoms with Crippen LogP contribution in [0, 0.1) is 11.8 Å². The first-order chi connectivity index (χ1) is 31.0. The fourth-order valence-corrected chi connectivity index (χ4v) is 9.54. The van der Waals surface area contributed by atoms with Gasteiger partial charge in [0.15, 0.2) is 0 Å². The number of methoxy groups -OCH3 is 3. The van der Waals surface area contributed by atoms with Gasteiger partial charge in [-0.05, 0) is 77.1 Å². The van der Waals surface area contributed by atoms with Crippen LogP contribution in [0.5, 0.6) is 5.75 Å². The molecule has 0 radical (unpaired) electrons. The summed E-state index contributed by atoms with van der Waals surface area (Å²) < 4.78 is 21.6. The number of fused-ring (bicyclic) bond motifs is 6. The summed E-state index contributed by atoms with van der Waals surface area (Å²) >= 11 is 0. The van der Waals surface area contributed by atoms with E-state index in [9.17, 15) is 19.2 Å². The van der Waals surface area contributed by atoms with E-state index in [0.717, 1.165) is 68.3 Å². The minimum Gasteiger partial charge on any atom is -0.488 e. The second-order valence-corrected chi connectivity index (χ2v) is 17.1. The summed E-state index contributed by atoms with van der Waals surface area (Å²) in [6.45, 7) is 5.65. The standard InChI is InChI=1S/C48H52N8O8/c1-26(2)40(53-47(59)62-4)45(57)55-17-9-12-37(55)44-50-35-16-14-29-20-34-32-15-13-30(19-31(32)25-64-39(34)21-33(29)42(35)52-44)36-22-49-43(51-36)38-18-27(24-61-3)23-56(38)46(58)41(54-48(60)63-5)28-10-7-6-8-11-28/h6-8,10-11,13-16,19-22,26-27,37-38,40-41H,9,12,17-18,23-25H2,1-5H3,(H,49,51)(H,50,52)(H,53,59)(H,54,60)/t27-,37-,38-,40?,41+/m0/s1. The molecule has 0 bridgehead atoms. The zero-order valence-corrected chi connectivity index (χ0v) is 36.5. The summed E-state index contributed by atoms with van der Waals surface area (Å²) in [7, 11) is 4.22. The van der Waals surface area contributed by atoms with Crippen LogP contribution < -0.4 is 15.4 Å². The lowest BCUT2D eigenvalue weighted by Crippen LogP contribution is -2.51. The lowest BCUT2D eigenvalue weighted by atomic mass is 9.92. The van der Waals surface area contributed by atoms with E-state index in [-0.39, 0.29) is 35.7 Å². The highest BCUT2D eigenvalue weighted by molar-refractivity contribution is 6.07. The highest BCUT2D eigenvalue weighted by Gasteiger charge is 2.42. The van der Waals surface area contributed by atoms with E-state index in [1.54, 1.807) is 18.2 Å². The number of aromatic amines is 2. The predicted molar refractivity (Wildman–Crippen MR) is 238 cm³/mol. The molecule has 1 unspecified atom stereocenters. The molecule has 2 saturated heterocycles. The molecule has 0 saturated carbocycles. The Kier molecular flexibility index (Phi) is 11.7. The van der Waals surface area contributed by atoms with Crippen LogP contribution in [-0.4, -0.2) is 101 Å². The number of carbonyl (C=O) groups is 4. The average molecular weight is 869 g/mol. The summed E-state index contributed by atoms with van der Waals surface area (Å²) in [5, 5.41) is 7.43. The monoisotopic (exact) mass is 868 g/mol. The van der Waals surface area contributed by atoms with Crippen LogP contribution in [0.3, 0.4) is 0 Å². The van der Waals surface area contributed by atoms with Gasteiger partial charge in [-0.15, -0.1) is 0 Å². The summed E-state index contributed by atoms with van der Waals surface area (Å²) in [6, 6.07) is 21.4. The van der Waals surface area contributed by atoms with Crippen molar-refractivity contribution in [3.8, 4) is 28.1 Å². The van der Waals surface area contributed by atoms with E-state index in [4.69, 9.17) is 28.9 Å². The third-order valence-corrected chi connectivity index (χ3v) is 12.7. The molecule has 5 heterocycles. The number of likely N-dealkylation sites (tertiary alicyclic amines) is 2. The largest absolute Gasteiger partial charge is 0.488 e. The van der Waals surface area contributed by atoms with E-state index in [1.165, 1.54) is 14.2 Å². The number of hydrogen-bond acceptors (Lipinski definition) is 10. The maximum absolute atomic E-state index is 14.3. The minimum atomic E-state index is -0.947. The first-order valence-corrected chi connectivity index (χ1v) is 21.7. The van der Waals surface area contributed by atoms with Crippen LogP contribution >= 0.6 is 0 Å². The van der Waals surface area contributed by atoms with Gasteiger partial charge in [0.2, 0.25) is 5.91 Å². The first kappa shape index (κ1) is 42.4. The summed E-state index contributed by atoms with van der Waals surface area (Å²) in [4.78, 5) is 73.1. The highest BCUT2D eigenvalue weighted by Crippen LogP contribution is 2.44. The van der Waals surface area contributed by atoms with Crippen LogP contribution in [-0.2, 0) is 30.4 Å². The zero-order chi connectivity index (χ0) is 44.6. The summed E-state index contributed by atoms with van der Waals surface area (Å²) in [5.41, 5.74) is 7.11. The number of rotatable bonds is 11. The lowest BCUT2D eigenvalue weighted by Gasteiger charge is -2.29. The van der Waals surface area contributed by atoms with Gasteiger partial charge < -0.3 is 49.3 Å². The maximum Gasteiger partial charge on any atom is 0.407 e. The molecule has 0 aliphatic carbocycles. The molecule has 5 atom stereocenters. The summed E-state index contributed by atoms with van der Waals surface area (Å²) in [5.74, 6) is 1.64. The third kappa shape index (κ3) is 7.97. The topological polar surface area (TPSA) is 193 Å². The molecule has 4 aromatic carbocycles.